The Morgan fingerprint density at radius 3 is 2.48 bits per heavy atom. The molecule has 0 saturated heterocycles. The highest BCUT2D eigenvalue weighted by Gasteiger charge is 2.29. The summed E-state index contributed by atoms with van der Waals surface area (Å²) in [6, 6.07) is 13.1. The monoisotopic (exact) mass is 374 g/mol. The van der Waals surface area contributed by atoms with Crippen molar-refractivity contribution < 1.29 is 18.7 Å². The third-order valence-electron chi connectivity index (χ3n) is 4.36. The number of hydrogen-bond acceptors (Lipinski definition) is 3. The Bertz CT molecular complexity index is 736. The lowest BCUT2D eigenvalue weighted by molar-refractivity contribution is 0.00235. The van der Waals surface area contributed by atoms with Gasteiger partial charge in [0.2, 0.25) is 0 Å². The number of unbranched alkanes of at least 4 members (excludes halogenated alkanes) is 1. The molecule has 0 aromatic heterocycles. The normalized spacial score (nSPS) is 12.9. The van der Waals surface area contributed by atoms with Crippen molar-refractivity contribution in [3.05, 3.63) is 59.9 Å². The van der Waals surface area contributed by atoms with Crippen LogP contribution in [0.1, 0.15) is 32.3 Å². The second kappa shape index (κ2) is 9.92. The summed E-state index contributed by atoms with van der Waals surface area (Å²) < 4.78 is 25.1. The predicted molar refractivity (Wildman–Crippen MR) is 105 cm³/mol. The lowest BCUT2D eigenvalue weighted by atomic mass is 9.95. The third kappa shape index (κ3) is 5.96. The Morgan fingerprint density at radius 2 is 1.85 bits per heavy atom. The van der Waals surface area contributed by atoms with Crippen LogP contribution in [-0.4, -0.2) is 26.3 Å². The molecule has 27 heavy (non-hydrogen) atoms. The maximum absolute atomic E-state index is 14.1. The van der Waals surface area contributed by atoms with E-state index in [4.69, 9.17) is 9.47 Å². The first kappa shape index (κ1) is 20.7. The van der Waals surface area contributed by atoms with Crippen molar-refractivity contribution in [2.75, 3.05) is 25.6 Å². The fourth-order valence-electron chi connectivity index (χ4n) is 2.56. The number of hydrogen-bond donors (Lipinski definition) is 2. The number of carbonyl (C=O) groups is 1. The van der Waals surface area contributed by atoms with Gasteiger partial charge in [-0.2, -0.15) is 0 Å². The van der Waals surface area contributed by atoms with Crippen LogP contribution in [-0.2, 0) is 10.3 Å². The molecule has 1 atom stereocenters. The van der Waals surface area contributed by atoms with E-state index in [9.17, 15) is 9.18 Å². The Kier molecular flexibility index (Phi) is 7.61. The Balaban J connectivity index is 1.90. The zero-order valence-electron chi connectivity index (χ0n) is 16.0. The van der Waals surface area contributed by atoms with Crippen LogP contribution in [0.2, 0.25) is 0 Å². The first-order valence-electron chi connectivity index (χ1n) is 9.06. The molecule has 146 valence electrons. The van der Waals surface area contributed by atoms with Crippen molar-refractivity contribution in [1.29, 1.82) is 0 Å². The highest BCUT2D eigenvalue weighted by atomic mass is 19.1. The highest BCUT2D eigenvalue weighted by Crippen LogP contribution is 2.26. The summed E-state index contributed by atoms with van der Waals surface area (Å²) >= 11 is 0. The maximum atomic E-state index is 14.1. The van der Waals surface area contributed by atoms with E-state index >= 15 is 0 Å². The number of carbonyl (C=O) groups excluding carboxylic acids is 1. The van der Waals surface area contributed by atoms with Crippen LogP contribution in [0, 0.1) is 5.82 Å². The van der Waals surface area contributed by atoms with Gasteiger partial charge in [0, 0.05) is 18.4 Å². The first-order chi connectivity index (χ1) is 13.0. The van der Waals surface area contributed by atoms with Crippen LogP contribution in [0.3, 0.4) is 0 Å². The summed E-state index contributed by atoms with van der Waals surface area (Å²) in [6.07, 6.45) is 2.08. The van der Waals surface area contributed by atoms with Gasteiger partial charge < -0.3 is 20.1 Å². The summed E-state index contributed by atoms with van der Waals surface area (Å²) in [5, 5.41) is 5.48. The molecule has 0 fully saturated rings. The van der Waals surface area contributed by atoms with Crippen LogP contribution in [0.4, 0.5) is 14.9 Å². The number of urea groups is 1. The summed E-state index contributed by atoms with van der Waals surface area (Å²) in [7, 11) is 1.49. The number of anilines is 1. The van der Waals surface area contributed by atoms with Gasteiger partial charge in [0.25, 0.3) is 0 Å². The number of ether oxygens (including phenoxy) is 2. The van der Waals surface area contributed by atoms with Gasteiger partial charge in [0.1, 0.15) is 17.2 Å². The van der Waals surface area contributed by atoms with Crippen LogP contribution in [0.5, 0.6) is 5.75 Å². The van der Waals surface area contributed by atoms with Gasteiger partial charge in [0.15, 0.2) is 0 Å². The van der Waals surface area contributed by atoms with Crippen LogP contribution in [0.15, 0.2) is 48.5 Å². The Morgan fingerprint density at radius 1 is 1.15 bits per heavy atom. The summed E-state index contributed by atoms with van der Waals surface area (Å²) in [5.41, 5.74) is 0.0568. The molecule has 0 bridgehead atoms. The average molecular weight is 374 g/mol. The van der Waals surface area contributed by atoms with E-state index in [0.717, 1.165) is 18.6 Å². The van der Waals surface area contributed by atoms with Crippen molar-refractivity contribution in [2.45, 2.75) is 32.3 Å². The van der Waals surface area contributed by atoms with Crippen molar-refractivity contribution in [3.8, 4) is 5.75 Å². The molecule has 5 nitrogen and oxygen atoms in total. The molecule has 2 aromatic rings. The summed E-state index contributed by atoms with van der Waals surface area (Å²) in [4.78, 5) is 12.2. The maximum Gasteiger partial charge on any atom is 0.319 e. The average Bonchev–Trinajstić information content (AvgIpc) is 2.68. The van der Waals surface area contributed by atoms with Gasteiger partial charge in [-0.15, -0.1) is 0 Å². The molecule has 2 N–H and O–H groups in total. The molecular weight excluding hydrogens is 347 g/mol. The molecule has 0 saturated carbocycles. The highest BCUT2D eigenvalue weighted by molar-refractivity contribution is 5.89. The number of benzene rings is 2. The van der Waals surface area contributed by atoms with Crippen LogP contribution < -0.4 is 15.4 Å². The molecule has 0 spiro atoms. The largest absolute Gasteiger partial charge is 0.494 e. The molecule has 2 rings (SSSR count). The van der Waals surface area contributed by atoms with Gasteiger partial charge >= 0.3 is 6.03 Å². The molecular formula is C21H27FN2O3. The molecule has 0 radical (unpaired) electrons. The van der Waals surface area contributed by atoms with E-state index in [-0.39, 0.29) is 12.4 Å². The summed E-state index contributed by atoms with van der Waals surface area (Å²) in [5.74, 6) is 0.392. The molecule has 0 aliphatic heterocycles. The van der Waals surface area contributed by atoms with Crippen molar-refractivity contribution in [3.63, 3.8) is 0 Å². The van der Waals surface area contributed by atoms with E-state index in [1.165, 1.54) is 13.2 Å². The van der Waals surface area contributed by atoms with Crippen LogP contribution in [0.25, 0.3) is 0 Å². The number of halogens is 1. The topological polar surface area (TPSA) is 59.6 Å². The van der Waals surface area contributed by atoms with Gasteiger partial charge in [-0.3, -0.25) is 0 Å². The van der Waals surface area contributed by atoms with E-state index in [2.05, 4.69) is 17.6 Å². The van der Waals surface area contributed by atoms with E-state index in [0.29, 0.717) is 17.9 Å². The van der Waals surface area contributed by atoms with Crippen molar-refractivity contribution in [2.24, 2.45) is 0 Å². The molecule has 0 aliphatic rings. The SMILES string of the molecule is CCCCOc1ccc(NC(=O)NCC(C)(OC)c2ccccc2F)cc1. The molecule has 0 heterocycles. The number of amides is 2. The fraction of sp³-hybridized carbons (Fsp3) is 0.381. The Labute approximate surface area is 159 Å². The number of nitrogens with one attached hydrogen (secondary N) is 2. The van der Waals surface area contributed by atoms with E-state index < -0.39 is 11.6 Å². The van der Waals surface area contributed by atoms with Crippen molar-refractivity contribution >= 4 is 11.7 Å². The minimum Gasteiger partial charge on any atom is -0.494 e. The lowest BCUT2D eigenvalue weighted by Crippen LogP contribution is -2.42. The Hall–Kier alpha value is -2.60. The zero-order chi connectivity index (χ0) is 19.7. The molecule has 2 amide bonds. The van der Waals surface area contributed by atoms with Gasteiger partial charge in [-0.05, 0) is 43.7 Å². The smallest absolute Gasteiger partial charge is 0.319 e. The number of methoxy groups -OCH3 is 1. The standard InChI is InChI=1S/C21H27FN2O3/c1-4-5-14-27-17-12-10-16(11-13-17)24-20(25)23-15-21(2,26-3)18-8-6-7-9-19(18)22/h6-13H,4-5,14-15H2,1-3H3,(H2,23,24,25). The molecule has 6 heteroatoms. The molecule has 2 aromatic carbocycles. The molecule has 0 aliphatic carbocycles. The minimum absolute atomic E-state index is 0.120. The zero-order valence-corrected chi connectivity index (χ0v) is 16.0. The van der Waals surface area contributed by atoms with E-state index in [1.54, 1.807) is 37.3 Å². The fourth-order valence-corrected chi connectivity index (χ4v) is 2.56. The quantitative estimate of drug-likeness (QED) is 0.626. The van der Waals surface area contributed by atoms with Crippen molar-refractivity contribution in [1.82, 2.24) is 5.32 Å². The van der Waals surface area contributed by atoms with E-state index in [1.807, 2.05) is 12.1 Å². The minimum atomic E-state index is -0.973. The number of rotatable bonds is 9. The third-order valence-corrected chi connectivity index (χ3v) is 4.36. The second-order valence-corrected chi connectivity index (χ2v) is 6.45. The van der Waals surface area contributed by atoms with Gasteiger partial charge in [0.05, 0.1) is 13.2 Å². The predicted octanol–water partition coefficient (Wildman–Crippen LogP) is 4.69. The van der Waals surface area contributed by atoms with Crippen LogP contribution >= 0.6 is 0 Å². The molecule has 1 unspecified atom stereocenters. The summed E-state index contributed by atoms with van der Waals surface area (Å²) in [6.45, 7) is 4.63. The second-order valence-electron chi connectivity index (χ2n) is 6.45. The first-order valence-corrected chi connectivity index (χ1v) is 9.06. The van der Waals surface area contributed by atoms with Gasteiger partial charge in [-0.1, -0.05) is 31.5 Å². The van der Waals surface area contributed by atoms with Gasteiger partial charge in [-0.25, -0.2) is 9.18 Å². The lowest BCUT2D eigenvalue weighted by Gasteiger charge is -2.29.